The van der Waals surface area contributed by atoms with Crippen molar-refractivity contribution in [3.05, 3.63) is 368 Å². The SMILES string of the molecule is CS(=O)(=O)F.O=P(c1ccccc1)(c1ccccc1)c1ccc2cc(-c3ccc(O)cc3)ccc2c1.O=P(c1ccccc1)(c1ccccc1)c1ccc2cc(-c3ccc(OS(=O)(=O)C(F)(F)C(F)(F)C(F)(F)C(F)(F)F)cc3)ccc2c1.O=P(c1ccccc1)(c1ccccc1)c1ccc2cc(Br)ccc2c1.OB(O)c1ccc(O)cc1. The molecular weight excluding hydrogens is 1700 g/mol. The fourth-order valence-corrected chi connectivity index (χ4v) is 21.8. The molecule has 4 N–H and O–H groups in total. The molecule has 0 aliphatic rings. The van der Waals surface area contributed by atoms with Crippen LogP contribution in [-0.2, 0) is 34.0 Å². The highest BCUT2D eigenvalue weighted by Gasteiger charge is 2.86. The molecule has 12 nitrogen and oxygen atoms in total. The van der Waals surface area contributed by atoms with Gasteiger partial charge in [-0.15, -0.1) is 3.89 Å². The number of aromatic hydroxyl groups is 2. The Bertz CT molecular complexity index is 6270. The maximum atomic E-state index is 14.7. The van der Waals surface area contributed by atoms with Crippen LogP contribution in [0.2, 0.25) is 0 Å². The number of fused-ring (bicyclic) bond motifs is 3. The second-order valence-electron chi connectivity index (χ2n) is 26.4. The predicted octanol–water partition coefficient (Wildman–Crippen LogP) is 18.4. The van der Waals surface area contributed by atoms with Crippen molar-refractivity contribution >= 4 is 150 Å². The molecule has 0 unspecified atom stereocenters. The Balaban J connectivity index is 0.000000165. The van der Waals surface area contributed by atoms with Crippen LogP contribution in [0.1, 0.15) is 0 Å². The van der Waals surface area contributed by atoms with Gasteiger partial charge in [0.1, 0.15) is 17.2 Å². The van der Waals surface area contributed by atoms with Crippen LogP contribution in [0.4, 0.5) is 43.4 Å². The Morgan fingerprint density at radius 1 is 0.322 bits per heavy atom. The van der Waals surface area contributed by atoms with Crippen LogP contribution in [0.15, 0.2) is 368 Å². The minimum Gasteiger partial charge on any atom is -0.508 e. The number of hydrogen-bond donors (Lipinski definition) is 4. The molecule has 602 valence electrons. The van der Waals surface area contributed by atoms with Crippen LogP contribution in [0, 0.1) is 0 Å². The number of phenols is 2. The number of rotatable bonds is 17. The normalized spacial score (nSPS) is 12.1. The summed E-state index contributed by atoms with van der Waals surface area (Å²) in [5.74, 6) is -15.5. The Morgan fingerprint density at radius 2 is 0.576 bits per heavy atom. The highest BCUT2D eigenvalue weighted by molar-refractivity contribution is 9.10. The molecule has 0 aliphatic heterocycles. The summed E-state index contributed by atoms with van der Waals surface area (Å²) in [5, 5.41) is 41.1. The van der Waals surface area contributed by atoms with Crippen molar-refractivity contribution in [2.24, 2.45) is 0 Å². The second-order valence-corrected chi connectivity index (χ2v) is 38.6. The number of benzene rings is 15. The molecule has 15 aromatic rings. The molecular formula is C89H67BBrF10O12P3S2. The molecule has 0 aromatic heterocycles. The average Bonchev–Trinajstić information content (AvgIpc) is 0.751. The van der Waals surface area contributed by atoms with E-state index in [1.807, 2.05) is 176 Å². The molecule has 15 rings (SSSR count). The topological polar surface area (TPSA) is 210 Å². The van der Waals surface area contributed by atoms with Gasteiger partial charge in [0.25, 0.3) is 10.2 Å². The maximum Gasteiger partial charge on any atom is 0.488 e. The van der Waals surface area contributed by atoms with E-state index in [0.717, 1.165) is 93.2 Å². The van der Waals surface area contributed by atoms with Crippen molar-refractivity contribution < 1.29 is 98.4 Å². The van der Waals surface area contributed by atoms with E-state index in [0.29, 0.717) is 49.5 Å². The zero-order chi connectivity index (χ0) is 85.1. The molecule has 0 fully saturated rings. The number of alkyl halides is 9. The third-order valence-corrected chi connectivity index (χ3v) is 29.4. The minimum atomic E-state index is -7.40. The first-order chi connectivity index (χ1) is 55.8. The lowest BCUT2D eigenvalue weighted by atomic mass is 9.80. The van der Waals surface area contributed by atoms with Gasteiger partial charge >= 0.3 is 40.5 Å². The third-order valence-electron chi connectivity index (χ3n) is 18.5. The molecule has 0 bridgehead atoms. The molecule has 118 heavy (non-hydrogen) atoms. The average molecular weight is 1770 g/mol. The lowest BCUT2D eigenvalue weighted by Crippen LogP contribution is -2.63. The van der Waals surface area contributed by atoms with Crippen molar-refractivity contribution in [3.63, 3.8) is 0 Å². The fraction of sp³-hybridized carbons (Fsp3) is 0.0562. The minimum absolute atomic E-state index is 0.115. The van der Waals surface area contributed by atoms with E-state index in [4.69, 9.17) is 23.6 Å². The van der Waals surface area contributed by atoms with Crippen LogP contribution in [0.3, 0.4) is 0 Å². The van der Waals surface area contributed by atoms with Crippen LogP contribution in [-0.4, -0.2) is 73.7 Å². The van der Waals surface area contributed by atoms with E-state index < -0.39 is 77.9 Å². The summed E-state index contributed by atoms with van der Waals surface area (Å²) >= 11 is 3.51. The lowest BCUT2D eigenvalue weighted by molar-refractivity contribution is -0.382. The number of hydrogen-bond acceptors (Lipinski definition) is 12. The molecule has 15 aromatic carbocycles. The van der Waals surface area contributed by atoms with Crippen molar-refractivity contribution in [2.75, 3.05) is 6.26 Å². The molecule has 0 heterocycles. The van der Waals surface area contributed by atoms with Crippen molar-refractivity contribution in [3.8, 4) is 39.5 Å². The van der Waals surface area contributed by atoms with Gasteiger partial charge in [0.15, 0.2) is 21.4 Å². The Morgan fingerprint density at radius 3 is 0.873 bits per heavy atom. The number of phenolic OH excluding ortho intramolecular Hbond substituents is 2. The largest absolute Gasteiger partial charge is 0.508 e. The van der Waals surface area contributed by atoms with Crippen molar-refractivity contribution in [1.29, 1.82) is 0 Å². The summed E-state index contributed by atoms with van der Waals surface area (Å²) < 4.78 is 220. The van der Waals surface area contributed by atoms with Crippen LogP contribution in [0.5, 0.6) is 17.2 Å². The van der Waals surface area contributed by atoms with E-state index in [9.17, 15) is 70.6 Å². The van der Waals surface area contributed by atoms with E-state index in [2.05, 4.69) is 62.6 Å². The molecule has 0 saturated heterocycles. The summed E-state index contributed by atoms with van der Waals surface area (Å²) in [6.07, 6.45) is -6.70. The van der Waals surface area contributed by atoms with E-state index in [-0.39, 0.29) is 11.5 Å². The molecule has 0 radical (unpaired) electrons. The van der Waals surface area contributed by atoms with Crippen LogP contribution >= 0.6 is 37.4 Å². The van der Waals surface area contributed by atoms with Crippen molar-refractivity contribution in [1.82, 2.24) is 0 Å². The first kappa shape index (κ1) is 87.7. The van der Waals surface area contributed by atoms with Crippen LogP contribution in [0.25, 0.3) is 54.6 Å². The van der Waals surface area contributed by atoms with Gasteiger partial charge < -0.3 is 38.1 Å². The van der Waals surface area contributed by atoms with Gasteiger partial charge in [0.05, 0.1) is 6.26 Å². The van der Waals surface area contributed by atoms with Gasteiger partial charge in [-0.05, 0) is 139 Å². The molecule has 29 heteroatoms. The molecule has 0 atom stereocenters. The van der Waals surface area contributed by atoms with E-state index in [1.165, 1.54) is 24.3 Å². The zero-order valence-electron chi connectivity index (χ0n) is 61.6. The lowest BCUT2D eigenvalue weighted by Gasteiger charge is -2.32. The van der Waals surface area contributed by atoms with Crippen molar-refractivity contribution in [2.45, 2.75) is 23.3 Å². The number of halogens is 11. The first-order valence-electron chi connectivity index (χ1n) is 35.4. The summed E-state index contributed by atoms with van der Waals surface area (Å²) in [6, 6.07) is 108. The molecule has 0 aliphatic carbocycles. The summed E-state index contributed by atoms with van der Waals surface area (Å²) in [6.45, 7) is 0. The van der Waals surface area contributed by atoms with E-state index in [1.54, 1.807) is 97.1 Å². The van der Waals surface area contributed by atoms with Gasteiger partial charge in [0.2, 0.25) is 0 Å². The molecule has 0 saturated carbocycles. The smallest absolute Gasteiger partial charge is 0.488 e. The summed E-state index contributed by atoms with van der Waals surface area (Å²) in [5.41, 5.74) is 3.33. The Kier molecular flexibility index (Phi) is 27.0. The summed E-state index contributed by atoms with van der Waals surface area (Å²) in [7, 11) is -21.9. The Hall–Kier alpha value is -11.2. The highest BCUT2D eigenvalue weighted by atomic mass is 79.9. The Labute approximate surface area is 681 Å². The van der Waals surface area contributed by atoms with E-state index >= 15 is 0 Å². The van der Waals surface area contributed by atoms with Gasteiger partial charge in [-0.1, -0.05) is 301 Å². The second kappa shape index (κ2) is 36.4. The monoisotopic (exact) mass is 1760 g/mol. The summed E-state index contributed by atoms with van der Waals surface area (Å²) in [4.78, 5) is 0. The molecule has 0 spiro atoms. The quantitative estimate of drug-likeness (QED) is 0.0221. The van der Waals surface area contributed by atoms with Gasteiger partial charge in [0, 0.05) is 52.2 Å². The van der Waals surface area contributed by atoms with Crippen LogP contribution < -0.4 is 57.4 Å². The predicted molar refractivity (Wildman–Crippen MR) is 455 cm³/mol. The molecule has 0 amide bonds. The highest BCUT2D eigenvalue weighted by Crippen LogP contribution is 2.55. The zero-order valence-corrected chi connectivity index (χ0v) is 67.5. The maximum absolute atomic E-state index is 14.7. The van der Waals surface area contributed by atoms with Gasteiger partial charge in [-0.2, -0.15) is 56.3 Å². The third kappa shape index (κ3) is 19.7. The van der Waals surface area contributed by atoms with Gasteiger partial charge in [-0.25, -0.2) is 0 Å². The first-order valence-corrected chi connectivity index (χ1v) is 44.5. The standard InChI is InChI=1S/C32H20F9O4PS.C28H21O2P.C22H16BrOP.C6H7BO3.CH3FO2S/c33-29(34,31(37,38)39)30(35,36)32(40,41)47(43,44)45-25-16-13-21(14-17-25)22-11-12-24-20-28(18-15-23(24)19-22)46(42,26-7-3-1-4-8-26)27-9-5-2-6-10-27;29-25-16-13-21(14-17-25)22-11-12-24-20-28(18-15-23(24)19-22)31(30,26-7-3-1-4-8-26)27-9-5-2-6-10-27;23-19-13-11-18-16-22(14-12-17(18)15-19)25(24,20-7-3-1-4-8-20)21-9-5-2-6-10-21;8-6-3-1-5(2-4-6)7(9)10;1-5(2,3)4/h1-20H;1-20,29H;1-16H;1-4,8-10H;1H3. The fourth-order valence-electron chi connectivity index (χ4n) is 12.5. The van der Waals surface area contributed by atoms with Gasteiger partial charge in [-0.3, -0.25) is 0 Å².